The second-order valence-corrected chi connectivity index (χ2v) is 8.53. The van der Waals surface area contributed by atoms with E-state index in [0.29, 0.717) is 24.5 Å². The quantitative estimate of drug-likeness (QED) is 0.408. The van der Waals surface area contributed by atoms with Crippen LogP contribution in [0.1, 0.15) is 11.1 Å². The summed E-state index contributed by atoms with van der Waals surface area (Å²) < 4.78 is 44.1. The number of morpholine rings is 1. The number of hydrogen-bond acceptors (Lipinski definition) is 5. The number of rotatable bonds is 5. The molecule has 5 rings (SSSR count). The Morgan fingerprint density at radius 2 is 1.69 bits per heavy atom. The molecule has 9 heteroatoms. The SMILES string of the molecule is O=C(Cc1cccc(C(F)(F)F)c1)Nc1ccc(-c2ccc3ncc(N4CCOCC4)nc3c2)cc1. The first kappa shape index (κ1) is 23.7. The molecule has 0 radical (unpaired) electrons. The number of alkyl halides is 3. The van der Waals surface area contributed by atoms with E-state index in [1.807, 2.05) is 30.3 Å². The minimum Gasteiger partial charge on any atom is -0.378 e. The predicted molar refractivity (Wildman–Crippen MR) is 132 cm³/mol. The molecule has 0 aliphatic carbocycles. The summed E-state index contributed by atoms with van der Waals surface area (Å²) in [4.78, 5) is 23.9. The highest BCUT2D eigenvalue weighted by Crippen LogP contribution is 2.30. The lowest BCUT2D eigenvalue weighted by molar-refractivity contribution is -0.137. The maximum absolute atomic E-state index is 12.9. The summed E-state index contributed by atoms with van der Waals surface area (Å²) in [6, 6.07) is 17.9. The van der Waals surface area contributed by atoms with Crippen molar-refractivity contribution in [2.75, 3.05) is 36.5 Å². The Labute approximate surface area is 205 Å². The number of nitrogens with zero attached hydrogens (tertiary/aromatic N) is 3. The number of carbonyl (C=O) groups is 1. The first-order valence-corrected chi connectivity index (χ1v) is 11.5. The molecule has 0 unspecified atom stereocenters. The van der Waals surface area contributed by atoms with Crippen LogP contribution in [0.25, 0.3) is 22.2 Å². The van der Waals surface area contributed by atoms with Crippen LogP contribution in [0, 0.1) is 0 Å². The number of hydrogen-bond donors (Lipinski definition) is 1. The monoisotopic (exact) mass is 492 g/mol. The summed E-state index contributed by atoms with van der Waals surface area (Å²) in [5.41, 5.74) is 3.57. The van der Waals surface area contributed by atoms with Crippen LogP contribution in [-0.2, 0) is 22.1 Å². The van der Waals surface area contributed by atoms with Crippen molar-refractivity contribution in [2.45, 2.75) is 12.6 Å². The van der Waals surface area contributed by atoms with Gasteiger partial charge in [0.2, 0.25) is 5.91 Å². The van der Waals surface area contributed by atoms with Gasteiger partial charge in [0, 0.05) is 18.8 Å². The third kappa shape index (κ3) is 5.46. The maximum Gasteiger partial charge on any atom is 0.416 e. The van der Waals surface area contributed by atoms with Gasteiger partial charge in [-0.25, -0.2) is 4.98 Å². The average molecular weight is 493 g/mol. The average Bonchev–Trinajstić information content (AvgIpc) is 2.88. The zero-order chi connectivity index (χ0) is 25.1. The third-order valence-electron chi connectivity index (χ3n) is 5.99. The molecule has 184 valence electrons. The molecule has 2 heterocycles. The van der Waals surface area contributed by atoms with Gasteiger partial charge in [0.05, 0.1) is 42.4 Å². The van der Waals surface area contributed by atoms with Gasteiger partial charge in [-0.2, -0.15) is 13.2 Å². The molecule has 0 atom stereocenters. The largest absolute Gasteiger partial charge is 0.416 e. The van der Waals surface area contributed by atoms with Crippen LogP contribution in [-0.4, -0.2) is 42.2 Å². The maximum atomic E-state index is 12.9. The van der Waals surface area contributed by atoms with E-state index in [0.717, 1.165) is 53.2 Å². The smallest absolute Gasteiger partial charge is 0.378 e. The van der Waals surface area contributed by atoms with E-state index in [1.54, 1.807) is 18.3 Å². The van der Waals surface area contributed by atoms with Crippen LogP contribution in [0.3, 0.4) is 0 Å². The van der Waals surface area contributed by atoms with Crippen molar-refractivity contribution >= 4 is 28.4 Å². The van der Waals surface area contributed by atoms with E-state index in [9.17, 15) is 18.0 Å². The van der Waals surface area contributed by atoms with Gasteiger partial charge in [0.15, 0.2) is 0 Å². The lowest BCUT2D eigenvalue weighted by Gasteiger charge is -2.27. The number of anilines is 2. The van der Waals surface area contributed by atoms with E-state index in [1.165, 1.54) is 12.1 Å². The van der Waals surface area contributed by atoms with Crippen LogP contribution in [0.5, 0.6) is 0 Å². The summed E-state index contributed by atoms with van der Waals surface area (Å²) >= 11 is 0. The fraction of sp³-hybridized carbons (Fsp3) is 0.222. The van der Waals surface area contributed by atoms with Crippen LogP contribution in [0.4, 0.5) is 24.7 Å². The molecule has 1 aliphatic rings. The highest BCUT2D eigenvalue weighted by molar-refractivity contribution is 5.92. The lowest BCUT2D eigenvalue weighted by atomic mass is 10.0. The molecule has 1 fully saturated rings. The molecule has 36 heavy (non-hydrogen) atoms. The van der Waals surface area contributed by atoms with Gasteiger partial charge < -0.3 is 15.0 Å². The van der Waals surface area contributed by atoms with Crippen LogP contribution >= 0.6 is 0 Å². The summed E-state index contributed by atoms with van der Waals surface area (Å²) in [6.45, 7) is 2.90. The van der Waals surface area contributed by atoms with Crippen LogP contribution < -0.4 is 10.2 Å². The number of aromatic nitrogens is 2. The number of halogens is 3. The zero-order valence-electron chi connectivity index (χ0n) is 19.3. The zero-order valence-corrected chi connectivity index (χ0v) is 19.3. The second-order valence-electron chi connectivity index (χ2n) is 8.53. The summed E-state index contributed by atoms with van der Waals surface area (Å²) in [7, 11) is 0. The number of benzene rings is 3. The van der Waals surface area contributed by atoms with E-state index >= 15 is 0 Å². The molecule has 1 N–H and O–H groups in total. The standard InChI is InChI=1S/C27H23F3N4O2/c28-27(29,30)21-3-1-2-18(14-21)15-26(35)32-22-7-4-19(5-8-22)20-6-9-23-24(16-20)33-25(17-31-23)34-10-12-36-13-11-34/h1-9,14,16-17H,10-13,15H2,(H,32,35). The minimum atomic E-state index is -4.44. The van der Waals surface area contributed by atoms with Crippen LogP contribution in [0.2, 0.25) is 0 Å². The molecule has 0 spiro atoms. The van der Waals surface area contributed by atoms with Gasteiger partial charge in [0.25, 0.3) is 0 Å². The normalized spacial score (nSPS) is 14.1. The van der Waals surface area contributed by atoms with E-state index in [4.69, 9.17) is 9.72 Å². The summed E-state index contributed by atoms with van der Waals surface area (Å²) in [5, 5.41) is 2.74. The van der Waals surface area contributed by atoms with Crippen LogP contribution in [0.15, 0.2) is 72.9 Å². The van der Waals surface area contributed by atoms with Crippen molar-refractivity contribution in [1.82, 2.24) is 9.97 Å². The van der Waals surface area contributed by atoms with Crippen molar-refractivity contribution in [3.05, 3.63) is 84.1 Å². The number of carbonyl (C=O) groups excluding carboxylic acids is 1. The summed E-state index contributed by atoms with van der Waals surface area (Å²) in [6.07, 6.45) is -2.81. The fourth-order valence-electron chi connectivity index (χ4n) is 4.12. The van der Waals surface area contributed by atoms with Gasteiger partial charge in [-0.3, -0.25) is 9.78 Å². The number of fused-ring (bicyclic) bond motifs is 1. The fourth-order valence-corrected chi connectivity index (χ4v) is 4.12. The van der Waals surface area contributed by atoms with Gasteiger partial charge in [0.1, 0.15) is 5.82 Å². The Kier molecular flexibility index (Phi) is 6.56. The first-order valence-electron chi connectivity index (χ1n) is 11.5. The van der Waals surface area contributed by atoms with Crippen molar-refractivity contribution in [3.8, 4) is 11.1 Å². The molecule has 1 aromatic heterocycles. The molecular weight excluding hydrogens is 469 g/mol. The van der Waals surface area contributed by atoms with Gasteiger partial charge in [-0.15, -0.1) is 0 Å². The molecule has 1 saturated heterocycles. The third-order valence-corrected chi connectivity index (χ3v) is 5.99. The molecule has 0 bridgehead atoms. The molecule has 1 aliphatic heterocycles. The van der Waals surface area contributed by atoms with E-state index < -0.39 is 17.6 Å². The Bertz CT molecular complexity index is 1380. The Morgan fingerprint density at radius 3 is 2.44 bits per heavy atom. The van der Waals surface area contributed by atoms with Gasteiger partial charge in [-0.1, -0.05) is 36.4 Å². The Hall–Kier alpha value is -3.98. The van der Waals surface area contributed by atoms with Crippen molar-refractivity contribution in [1.29, 1.82) is 0 Å². The molecule has 1 amide bonds. The van der Waals surface area contributed by atoms with Crippen molar-refractivity contribution in [3.63, 3.8) is 0 Å². The predicted octanol–water partition coefficient (Wildman–Crippen LogP) is 5.33. The molecule has 3 aromatic carbocycles. The van der Waals surface area contributed by atoms with Gasteiger partial charge in [-0.05, 0) is 47.0 Å². The van der Waals surface area contributed by atoms with E-state index in [2.05, 4.69) is 15.2 Å². The Morgan fingerprint density at radius 1 is 0.944 bits per heavy atom. The molecular formula is C27H23F3N4O2. The minimum absolute atomic E-state index is 0.152. The topological polar surface area (TPSA) is 67.4 Å². The van der Waals surface area contributed by atoms with Crippen molar-refractivity contribution in [2.24, 2.45) is 0 Å². The lowest BCUT2D eigenvalue weighted by Crippen LogP contribution is -2.36. The number of ether oxygens (including phenoxy) is 1. The highest BCUT2D eigenvalue weighted by Gasteiger charge is 2.30. The first-order chi connectivity index (χ1) is 17.3. The highest BCUT2D eigenvalue weighted by atomic mass is 19.4. The summed E-state index contributed by atoms with van der Waals surface area (Å²) in [5.74, 6) is 0.431. The number of nitrogens with one attached hydrogen (secondary N) is 1. The molecule has 4 aromatic rings. The second kappa shape index (κ2) is 9.94. The van der Waals surface area contributed by atoms with Gasteiger partial charge >= 0.3 is 6.18 Å². The van der Waals surface area contributed by atoms with Crippen molar-refractivity contribution < 1.29 is 22.7 Å². The Balaban J connectivity index is 1.28. The number of amides is 1. The molecule has 0 saturated carbocycles. The molecule has 6 nitrogen and oxygen atoms in total. The van der Waals surface area contributed by atoms with E-state index in [-0.39, 0.29) is 6.42 Å².